The molecule has 0 fully saturated rings. The molecule has 0 saturated carbocycles. The van der Waals surface area contributed by atoms with E-state index in [4.69, 9.17) is 0 Å². The van der Waals surface area contributed by atoms with Crippen molar-refractivity contribution in [3.63, 3.8) is 0 Å². The third-order valence-electron chi connectivity index (χ3n) is 2.33. The lowest BCUT2D eigenvalue weighted by Crippen LogP contribution is -1.98. The molecule has 2 nitrogen and oxygen atoms in total. The molecule has 0 N–H and O–H groups in total. The van der Waals surface area contributed by atoms with Crippen molar-refractivity contribution in [3.05, 3.63) is 64.0 Å². The molecule has 0 radical (unpaired) electrons. The molecule has 1 aliphatic rings. The van der Waals surface area contributed by atoms with Gasteiger partial charge in [-0.3, -0.25) is 0 Å². The molecule has 4 heteroatoms. The van der Waals surface area contributed by atoms with E-state index in [1.807, 2.05) is 18.2 Å². The van der Waals surface area contributed by atoms with Crippen molar-refractivity contribution in [1.82, 2.24) is 0 Å². The van der Waals surface area contributed by atoms with Crippen molar-refractivity contribution in [2.45, 2.75) is 11.3 Å². The molecule has 0 atom stereocenters. The zero-order valence-electron chi connectivity index (χ0n) is 9.01. The SMILES string of the molecule is O=S(=O)(C=C1C=C(Br)C=CC1)c1ccccc1. The van der Waals surface area contributed by atoms with Crippen LogP contribution in [-0.2, 0) is 9.84 Å². The lowest BCUT2D eigenvalue weighted by atomic mass is 10.1. The first kappa shape index (κ1) is 12.3. The summed E-state index contributed by atoms with van der Waals surface area (Å²) in [6.07, 6.45) is 6.30. The van der Waals surface area contributed by atoms with E-state index in [0.717, 1.165) is 10.1 Å². The van der Waals surface area contributed by atoms with Gasteiger partial charge in [0, 0.05) is 9.89 Å². The quantitative estimate of drug-likeness (QED) is 0.836. The highest BCUT2D eigenvalue weighted by atomic mass is 79.9. The van der Waals surface area contributed by atoms with Crippen LogP contribution >= 0.6 is 15.9 Å². The third-order valence-corrected chi connectivity index (χ3v) is 4.37. The number of hydrogen-bond acceptors (Lipinski definition) is 2. The highest BCUT2D eigenvalue weighted by molar-refractivity contribution is 9.11. The number of rotatable bonds is 2. The Morgan fingerprint density at radius 3 is 2.53 bits per heavy atom. The summed E-state index contributed by atoms with van der Waals surface area (Å²) in [6.45, 7) is 0. The maximum absolute atomic E-state index is 12.1. The Bertz CT molecular complexity index is 596. The van der Waals surface area contributed by atoms with E-state index in [1.165, 1.54) is 5.41 Å². The number of benzene rings is 1. The maximum atomic E-state index is 12.1. The maximum Gasteiger partial charge on any atom is 0.200 e. The summed E-state index contributed by atoms with van der Waals surface area (Å²) in [4.78, 5) is 0.326. The Hall–Kier alpha value is -1.13. The van der Waals surface area contributed by atoms with Gasteiger partial charge in [-0.05, 0) is 30.2 Å². The van der Waals surface area contributed by atoms with Crippen LogP contribution in [-0.4, -0.2) is 8.42 Å². The van der Waals surface area contributed by atoms with Crippen LogP contribution in [0.3, 0.4) is 0 Å². The Labute approximate surface area is 109 Å². The van der Waals surface area contributed by atoms with Crippen molar-refractivity contribution in [1.29, 1.82) is 0 Å². The Morgan fingerprint density at radius 2 is 1.88 bits per heavy atom. The van der Waals surface area contributed by atoms with E-state index in [9.17, 15) is 8.42 Å². The molecule has 0 amide bonds. The standard InChI is InChI=1S/C13H11BrO2S/c14-12-6-4-5-11(9-12)10-17(15,16)13-7-2-1-3-8-13/h1-4,6-10H,5H2. The van der Waals surface area contributed by atoms with Gasteiger partial charge in [-0.2, -0.15) is 0 Å². The van der Waals surface area contributed by atoms with Crippen LogP contribution in [0.4, 0.5) is 0 Å². The zero-order valence-corrected chi connectivity index (χ0v) is 11.4. The summed E-state index contributed by atoms with van der Waals surface area (Å²) in [7, 11) is -3.34. The van der Waals surface area contributed by atoms with Gasteiger partial charge in [0.05, 0.1) is 4.90 Å². The van der Waals surface area contributed by atoms with Crippen LogP contribution in [0.25, 0.3) is 0 Å². The molecule has 0 bridgehead atoms. The third kappa shape index (κ3) is 3.17. The van der Waals surface area contributed by atoms with Crippen LogP contribution in [0, 0.1) is 0 Å². The molecule has 2 rings (SSSR count). The fraction of sp³-hybridized carbons (Fsp3) is 0.0769. The Kier molecular flexibility index (Phi) is 3.64. The van der Waals surface area contributed by atoms with Crippen LogP contribution in [0.15, 0.2) is 68.9 Å². The van der Waals surface area contributed by atoms with Gasteiger partial charge < -0.3 is 0 Å². The second kappa shape index (κ2) is 5.02. The second-order valence-corrected chi connectivity index (χ2v) is 6.40. The summed E-state index contributed by atoms with van der Waals surface area (Å²) in [5, 5.41) is 1.33. The monoisotopic (exact) mass is 310 g/mol. The number of halogens is 1. The Morgan fingerprint density at radius 1 is 1.18 bits per heavy atom. The molecule has 0 heterocycles. The molecule has 0 unspecified atom stereocenters. The number of hydrogen-bond donors (Lipinski definition) is 0. The van der Waals surface area contributed by atoms with Crippen molar-refractivity contribution in [2.75, 3.05) is 0 Å². The largest absolute Gasteiger partial charge is 0.219 e. The van der Waals surface area contributed by atoms with Gasteiger partial charge in [0.2, 0.25) is 0 Å². The van der Waals surface area contributed by atoms with Crippen LogP contribution in [0.2, 0.25) is 0 Å². The lowest BCUT2D eigenvalue weighted by molar-refractivity contribution is 0.604. The van der Waals surface area contributed by atoms with E-state index >= 15 is 0 Å². The summed E-state index contributed by atoms with van der Waals surface area (Å²) >= 11 is 3.33. The van der Waals surface area contributed by atoms with Gasteiger partial charge in [0.1, 0.15) is 0 Å². The molecule has 1 aromatic rings. The van der Waals surface area contributed by atoms with Gasteiger partial charge in [0.15, 0.2) is 9.84 Å². The first-order valence-corrected chi connectivity index (χ1v) is 7.46. The van der Waals surface area contributed by atoms with Crippen molar-refractivity contribution >= 4 is 25.8 Å². The average molecular weight is 311 g/mol. The van der Waals surface area contributed by atoms with E-state index in [-0.39, 0.29) is 0 Å². The molecular weight excluding hydrogens is 300 g/mol. The lowest BCUT2D eigenvalue weighted by Gasteiger charge is -2.05. The van der Waals surface area contributed by atoms with Crippen molar-refractivity contribution in [2.24, 2.45) is 0 Å². The summed E-state index contributed by atoms with van der Waals surface area (Å²) in [6, 6.07) is 8.44. The topological polar surface area (TPSA) is 34.1 Å². The highest BCUT2D eigenvalue weighted by Gasteiger charge is 2.12. The summed E-state index contributed by atoms with van der Waals surface area (Å²) in [5.74, 6) is 0. The second-order valence-electron chi connectivity index (χ2n) is 3.69. The fourth-order valence-electron chi connectivity index (χ4n) is 1.55. The minimum atomic E-state index is -3.34. The van der Waals surface area contributed by atoms with Gasteiger partial charge in [-0.1, -0.05) is 46.3 Å². The molecule has 1 aromatic carbocycles. The minimum absolute atomic E-state index is 0.326. The van der Waals surface area contributed by atoms with Gasteiger partial charge in [-0.25, -0.2) is 8.42 Å². The summed E-state index contributed by atoms with van der Waals surface area (Å²) in [5.41, 5.74) is 0.781. The van der Waals surface area contributed by atoms with Gasteiger partial charge in [0.25, 0.3) is 0 Å². The fourth-order valence-corrected chi connectivity index (χ4v) is 3.27. The first-order valence-electron chi connectivity index (χ1n) is 5.12. The predicted octanol–water partition coefficient (Wildman–Crippen LogP) is 3.58. The predicted molar refractivity (Wildman–Crippen MR) is 72.5 cm³/mol. The normalized spacial score (nSPS) is 18.2. The number of sulfone groups is 1. The highest BCUT2D eigenvalue weighted by Crippen LogP contribution is 2.22. The van der Waals surface area contributed by atoms with Crippen molar-refractivity contribution < 1.29 is 8.42 Å². The van der Waals surface area contributed by atoms with Crippen molar-refractivity contribution in [3.8, 4) is 0 Å². The van der Waals surface area contributed by atoms with Gasteiger partial charge >= 0.3 is 0 Å². The van der Waals surface area contributed by atoms with Crippen LogP contribution in [0.5, 0.6) is 0 Å². The van der Waals surface area contributed by atoms with E-state index in [0.29, 0.717) is 11.3 Å². The van der Waals surface area contributed by atoms with Gasteiger partial charge in [-0.15, -0.1) is 0 Å². The molecule has 0 saturated heterocycles. The summed E-state index contributed by atoms with van der Waals surface area (Å²) < 4.78 is 25.0. The molecule has 1 aliphatic carbocycles. The molecule has 0 aromatic heterocycles. The zero-order chi connectivity index (χ0) is 12.3. The first-order chi connectivity index (χ1) is 8.08. The average Bonchev–Trinajstić information content (AvgIpc) is 2.29. The molecule has 17 heavy (non-hydrogen) atoms. The van der Waals surface area contributed by atoms with E-state index in [1.54, 1.807) is 30.3 Å². The molecule has 0 spiro atoms. The van der Waals surface area contributed by atoms with E-state index in [2.05, 4.69) is 15.9 Å². The molecular formula is C13H11BrO2S. The molecule has 0 aliphatic heterocycles. The Balaban J connectivity index is 2.36. The minimum Gasteiger partial charge on any atom is -0.219 e. The smallest absolute Gasteiger partial charge is 0.200 e. The van der Waals surface area contributed by atoms with Crippen LogP contribution in [0.1, 0.15) is 6.42 Å². The van der Waals surface area contributed by atoms with Crippen LogP contribution < -0.4 is 0 Å². The van der Waals surface area contributed by atoms with E-state index < -0.39 is 9.84 Å². The molecule has 88 valence electrons. The number of allylic oxidation sites excluding steroid dienone is 5.